The fourth-order valence-corrected chi connectivity index (χ4v) is 1.11. The number of nitrogens with two attached hydrogens (primary N) is 1. The summed E-state index contributed by atoms with van der Waals surface area (Å²) in [6, 6.07) is -0.967. The SMILES string of the molecule is N[C@@H](CCC(=O)Cc1ncc[nH]1)C(=O)O. The van der Waals surface area contributed by atoms with Gasteiger partial charge in [-0.25, -0.2) is 4.98 Å². The minimum atomic E-state index is -1.08. The Labute approximate surface area is 86.5 Å². The van der Waals surface area contributed by atoms with Crippen LogP contribution in [0.1, 0.15) is 18.7 Å². The Balaban J connectivity index is 2.28. The van der Waals surface area contributed by atoms with E-state index in [-0.39, 0.29) is 25.0 Å². The molecule has 0 radical (unpaired) electrons. The maximum atomic E-state index is 11.3. The summed E-state index contributed by atoms with van der Waals surface area (Å²) in [6.07, 6.45) is 3.71. The molecular weight excluding hydrogens is 198 g/mol. The third-order valence-electron chi connectivity index (χ3n) is 1.97. The molecule has 4 N–H and O–H groups in total. The van der Waals surface area contributed by atoms with E-state index in [1.807, 2.05) is 0 Å². The number of Topliss-reactive ketones (excluding diaryl/α,β-unsaturated/α-hetero) is 1. The lowest BCUT2D eigenvalue weighted by molar-refractivity contribution is -0.138. The maximum Gasteiger partial charge on any atom is 0.320 e. The van der Waals surface area contributed by atoms with Crippen LogP contribution in [0, 0.1) is 0 Å². The highest BCUT2D eigenvalue weighted by atomic mass is 16.4. The number of carbonyl (C=O) groups is 2. The standard InChI is InChI=1S/C9H13N3O3/c10-7(9(14)15)2-1-6(13)5-8-11-3-4-12-8/h3-4,7H,1-2,5,10H2,(H,11,12)(H,14,15)/t7-/m0/s1. The average Bonchev–Trinajstić information content (AvgIpc) is 2.66. The van der Waals surface area contributed by atoms with Crippen molar-refractivity contribution in [3.05, 3.63) is 18.2 Å². The number of aromatic amines is 1. The second kappa shape index (κ2) is 5.26. The van der Waals surface area contributed by atoms with Gasteiger partial charge in [-0.1, -0.05) is 0 Å². The first-order valence-corrected chi connectivity index (χ1v) is 4.58. The summed E-state index contributed by atoms with van der Waals surface area (Å²) in [6.45, 7) is 0. The Morgan fingerprint density at radius 2 is 2.33 bits per heavy atom. The number of nitrogens with one attached hydrogen (secondary N) is 1. The van der Waals surface area contributed by atoms with Crippen LogP contribution in [0.15, 0.2) is 12.4 Å². The first-order valence-electron chi connectivity index (χ1n) is 4.58. The van der Waals surface area contributed by atoms with Crippen molar-refractivity contribution in [3.8, 4) is 0 Å². The number of carboxylic acid groups (broad SMARTS) is 1. The molecule has 1 aromatic heterocycles. The molecule has 15 heavy (non-hydrogen) atoms. The molecule has 0 unspecified atom stereocenters. The van der Waals surface area contributed by atoms with E-state index in [0.717, 1.165) is 0 Å². The fourth-order valence-electron chi connectivity index (χ4n) is 1.11. The second-order valence-electron chi connectivity index (χ2n) is 3.23. The van der Waals surface area contributed by atoms with Crippen LogP contribution in [-0.2, 0) is 16.0 Å². The Bertz CT molecular complexity index is 334. The number of rotatable bonds is 6. The summed E-state index contributed by atoms with van der Waals surface area (Å²) in [5, 5.41) is 8.50. The van der Waals surface area contributed by atoms with Crippen molar-refractivity contribution < 1.29 is 14.7 Å². The van der Waals surface area contributed by atoms with Gasteiger partial charge in [0.05, 0.1) is 6.42 Å². The van der Waals surface area contributed by atoms with Gasteiger partial charge < -0.3 is 15.8 Å². The largest absolute Gasteiger partial charge is 0.480 e. The van der Waals surface area contributed by atoms with Crippen LogP contribution in [0.3, 0.4) is 0 Å². The lowest BCUT2D eigenvalue weighted by Crippen LogP contribution is -2.30. The topological polar surface area (TPSA) is 109 Å². The van der Waals surface area contributed by atoms with Gasteiger partial charge in [0.1, 0.15) is 17.6 Å². The lowest BCUT2D eigenvalue weighted by atomic mass is 10.1. The number of nitrogens with zero attached hydrogens (tertiary/aromatic N) is 1. The van der Waals surface area contributed by atoms with E-state index in [1.54, 1.807) is 12.4 Å². The zero-order valence-electron chi connectivity index (χ0n) is 8.14. The smallest absolute Gasteiger partial charge is 0.320 e. The molecule has 1 atom stereocenters. The molecule has 0 aromatic carbocycles. The van der Waals surface area contributed by atoms with Crippen LogP contribution in [-0.4, -0.2) is 32.9 Å². The highest BCUT2D eigenvalue weighted by molar-refractivity contribution is 5.81. The van der Waals surface area contributed by atoms with Crippen molar-refractivity contribution in [2.45, 2.75) is 25.3 Å². The van der Waals surface area contributed by atoms with Gasteiger partial charge in [0, 0.05) is 18.8 Å². The summed E-state index contributed by atoms with van der Waals surface area (Å²) >= 11 is 0. The number of aliphatic carboxylic acids is 1. The van der Waals surface area contributed by atoms with Crippen molar-refractivity contribution in [1.82, 2.24) is 9.97 Å². The van der Waals surface area contributed by atoms with E-state index >= 15 is 0 Å². The van der Waals surface area contributed by atoms with Crippen molar-refractivity contribution in [2.75, 3.05) is 0 Å². The molecule has 0 spiro atoms. The van der Waals surface area contributed by atoms with Crippen LogP contribution in [0.5, 0.6) is 0 Å². The molecule has 6 heteroatoms. The van der Waals surface area contributed by atoms with E-state index in [9.17, 15) is 9.59 Å². The molecule has 0 aliphatic carbocycles. The number of carboxylic acids is 1. The van der Waals surface area contributed by atoms with Gasteiger partial charge in [0.25, 0.3) is 0 Å². The summed E-state index contributed by atoms with van der Waals surface area (Å²) < 4.78 is 0. The molecule has 6 nitrogen and oxygen atoms in total. The van der Waals surface area contributed by atoms with E-state index in [2.05, 4.69) is 9.97 Å². The Morgan fingerprint density at radius 3 is 2.87 bits per heavy atom. The minimum Gasteiger partial charge on any atom is -0.480 e. The zero-order valence-corrected chi connectivity index (χ0v) is 8.14. The monoisotopic (exact) mass is 211 g/mol. The molecule has 0 fully saturated rings. The molecule has 0 amide bonds. The highest BCUT2D eigenvalue weighted by Gasteiger charge is 2.14. The van der Waals surface area contributed by atoms with Crippen LogP contribution < -0.4 is 5.73 Å². The van der Waals surface area contributed by atoms with Crippen molar-refractivity contribution in [1.29, 1.82) is 0 Å². The molecule has 0 aliphatic rings. The number of carbonyl (C=O) groups excluding carboxylic acids is 1. The normalized spacial score (nSPS) is 12.3. The van der Waals surface area contributed by atoms with Crippen molar-refractivity contribution in [2.24, 2.45) is 5.73 Å². The summed E-state index contributed by atoms with van der Waals surface area (Å²) in [5.74, 6) is -0.564. The van der Waals surface area contributed by atoms with Crippen LogP contribution in [0.4, 0.5) is 0 Å². The highest BCUT2D eigenvalue weighted by Crippen LogP contribution is 2.00. The van der Waals surface area contributed by atoms with E-state index in [0.29, 0.717) is 5.82 Å². The van der Waals surface area contributed by atoms with Crippen LogP contribution in [0.25, 0.3) is 0 Å². The van der Waals surface area contributed by atoms with Gasteiger partial charge in [-0.05, 0) is 6.42 Å². The molecule has 1 heterocycles. The molecule has 82 valence electrons. The predicted molar refractivity (Wildman–Crippen MR) is 52.1 cm³/mol. The van der Waals surface area contributed by atoms with Crippen molar-refractivity contribution >= 4 is 11.8 Å². The number of ketones is 1. The maximum absolute atomic E-state index is 11.3. The van der Waals surface area contributed by atoms with Crippen LogP contribution >= 0.6 is 0 Å². The van der Waals surface area contributed by atoms with Gasteiger partial charge in [0.15, 0.2) is 0 Å². The fraction of sp³-hybridized carbons (Fsp3) is 0.444. The molecule has 0 saturated heterocycles. The first-order chi connectivity index (χ1) is 7.09. The van der Waals surface area contributed by atoms with Gasteiger partial charge in [-0.2, -0.15) is 0 Å². The third kappa shape index (κ3) is 3.90. The molecule has 0 saturated carbocycles. The minimum absolute atomic E-state index is 0.0679. The number of imidazole rings is 1. The van der Waals surface area contributed by atoms with E-state index < -0.39 is 12.0 Å². The van der Waals surface area contributed by atoms with Crippen LogP contribution in [0.2, 0.25) is 0 Å². The Kier molecular flexibility index (Phi) is 3.99. The zero-order chi connectivity index (χ0) is 11.3. The number of aromatic nitrogens is 2. The molecule has 0 bridgehead atoms. The van der Waals surface area contributed by atoms with E-state index in [1.165, 1.54) is 0 Å². The summed E-state index contributed by atoms with van der Waals surface area (Å²) in [5.41, 5.74) is 5.26. The number of hydrogen-bond donors (Lipinski definition) is 3. The first kappa shape index (κ1) is 11.4. The molecule has 0 aliphatic heterocycles. The van der Waals surface area contributed by atoms with Gasteiger partial charge in [-0.3, -0.25) is 9.59 Å². The average molecular weight is 211 g/mol. The molecule has 1 aromatic rings. The number of H-pyrrole nitrogens is 1. The Morgan fingerprint density at radius 1 is 1.60 bits per heavy atom. The summed E-state index contributed by atoms with van der Waals surface area (Å²) in [7, 11) is 0. The second-order valence-corrected chi connectivity index (χ2v) is 3.23. The third-order valence-corrected chi connectivity index (χ3v) is 1.97. The quantitative estimate of drug-likeness (QED) is 0.599. The van der Waals surface area contributed by atoms with Gasteiger partial charge in [-0.15, -0.1) is 0 Å². The molecular formula is C9H13N3O3. The lowest BCUT2D eigenvalue weighted by Gasteiger charge is -2.04. The summed E-state index contributed by atoms with van der Waals surface area (Å²) in [4.78, 5) is 28.4. The predicted octanol–water partition coefficient (Wildman–Crippen LogP) is -0.287. The van der Waals surface area contributed by atoms with E-state index in [4.69, 9.17) is 10.8 Å². The van der Waals surface area contributed by atoms with Gasteiger partial charge in [0.2, 0.25) is 0 Å². The van der Waals surface area contributed by atoms with Gasteiger partial charge >= 0.3 is 5.97 Å². The number of hydrogen-bond acceptors (Lipinski definition) is 4. The molecule has 1 rings (SSSR count). The van der Waals surface area contributed by atoms with Crippen molar-refractivity contribution in [3.63, 3.8) is 0 Å². The Hall–Kier alpha value is -1.69.